The summed E-state index contributed by atoms with van der Waals surface area (Å²) in [4.78, 5) is 11.2. The molecule has 0 fully saturated rings. The Morgan fingerprint density at radius 3 is 2.38 bits per heavy atom. The minimum atomic E-state index is -0.846. The number of ether oxygens (including phenoxy) is 2. The zero-order chi connectivity index (χ0) is 17.9. The van der Waals surface area contributed by atoms with Crippen molar-refractivity contribution in [1.29, 1.82) is 0 Å². The molecule has 6 heteroatoms. The Balaban J connectivity index is 2.48. The van der Waals surface area contributed by atoms with Gasteiger partial charge in [0.1, 0.15) is 11.5 Å². The van der Waals surface area contributed by atoms with Gasteiger partial charge in [0, 0.05) is 17.3 Å². The molecule has 2 rings (SSSR count). The number of rotatable bonds is 4. The summed E-state index contributed by atoms with van der Waals surface area (Å²) in [5.41, 5.74) is 13.9. The average molecular weight is 329 g/mol. The van der Waals surface area contributed by atoms with Crippen LogP contribution in [0.25, 0.3) is 0 Å². The zero-order valence-electron chi connectivity index (χ0n) is 14.3. The van der Waals surface area contributed by atoms with Crippen molar-refractivity contribution in [3.63, 3.8) is 0 Å². The third-order valence-electron chi connectivity index (χ3n) is 3.51. The van der Waals surface area contributed by atoms with Gasteiger partial charge in [0.2, 0.25) is 0 Å². The fourth-order valence-electron chi connectivity index (χ4n) is 2.53. The molecule has 6 nitrogen and oxygen atoms in total. The number of amides is 1. The summed E-state index contributed by atoms with van der Waals surface area (Å²) in [6.07, 6.45) is -0.846. The van der Waals surface area contributed by atoms with E-state index in [-0.39, 0.29) is 5.41 Å². The minimum absolute atomic E-state index is 0.282. The Kier molecular flexibility index (Phi) is 4.87. The minimum Gasteiger partial charge on any atom is -0.497 e. The van der Waals surface area contributed by atoms with Gasteiger partial charge in [0.25, 0.3) is 0 Å². The lowest BCUT2D eigenvalue weighted by molar-refractivity contribution is 0.210. The van der Waals surface area contributed by atoms with Crippen LogP contribution >= 0.6 is 0 Å². The van der Waals surface area contributed by atoms with E-state index in [1.54, 1.807) is 25.3 Å². The molecule has 0 aliphatic rings. The van der Waals surface area contributed by atoms with Crippen molar-refractivity contribution < 1.29 is 14.3 Å². The number of benzene rings is 2. The summed E-state index contributed by atoms with van der Waals surface area (Å²) >= 11 is 0. The second kappa shape index (κ2) is 6.70. The number of primary amides is 1. The molecule has 0 saturated carbocycles. The molecule has 24 heavy (non-hydrogen) atoms. The van der Waals surface area contributed by atoms with E-state index in [1.807, 2.05) is 39.0 Å². The molecule has 1 amide bonds. The van der Waals surface area contributed by atoms with Crippen LogP contribution in [-0.4, -0.2) is 13.2 Å². The maximum atomic E-state index is 11.2. The highest BCUT2D eigenvalue weighted by atomic mass is 16.5. The van der Waals surface area contributed by atoms with Crippen molar-refractivity contribution in [1.82, 2.24) is 0 Å². The molecule has 0 atom stereocenters. The van der Waals surface area contributed by atoms with Crippen molar-refractivity contribution in [3.05, 3.63) is 42.0 Å². The topological polar surface area (TPSA) is 99.6 Å². The summed E-state index contributed by atoms with van der Waals surface area (Å²) in [5, 5.41) is 3.30. The summed E-state index contributed by atoms with van der Waals surface area (Å²) in [7, 11) is 1.59. The molecule has 128 valence electrons. The first-order valence-electron chi connectivity index (χ1n) is 7.53. The number of hydrogen-bond acceptors (Lipinski definition) is 5. The van der Waals surface area contributed by atoms with E-state index in [1.165, 1.54) is 0 Å². The number of hydrogen-bond donors (Lipinski definition) is 3. The van der Waals surface area contributed by atoms with Gasteiger partial charge in [-0.05, 0) is 29.7 Å². The van der Waals surface area contributed by atoms with Crippen LogP contribution in [0.1, 0.15) is 26.3 Å². The van der Waals surface area contributed by atoms with Crippen LogP contribution in [0.5, 0.6) is 11.5 Å². The van der Waals surface area contributed by atoms with Crippen LogP contribution in [0, 0.1) is 0 Å². The van der Waals surface area contributed by atoms with E-state index >= 15 is 0 Å². The fraction of sp³-hybridized carbons (Fsp3) is 0.278. The van der Waals surface area contributed by atoms with E-state index < -0.39 is 6.09 Å². The quantitative estimate of drug-likeness (QED) is 0.741. The van der Waals surface area contributed by atoms with E-state index in [9.17, 15) is 4.79 Å². The monoisotopic (exact) mass is 329 g/mol. The van der Waals surface area contributed by atoms with Crippen LogP contribution in [0.3, 0.4) is 0 Å². The Morgan fingerprint density at radius 2 is 1.83 bits per heavy atom. The number of carbonyl (C=O) groups is 1. The molecule has 0 bridgehead atoms. The van der Waals surface area contributed by atoms with Crippen molar-refractivity contribution in [2.45, 2.75) is 26.2 Å². The second-order valence-electron chi connectivity index (χ2n) is 6.43. The Bertz CT molecular complexity index is 752. The van der Waals surface area contributed by atoms with Gasteiger partial charge >= 0.3 is 6.09 Å². The highest BCUT2D eigenvalue weighted by Crippen LogP contribution is 2.39. The predicted molar refractivity (Wildman–Crippen MR) is 96.0 cm³/mol. The molecular weight excluding hydrogens is 306 g/mol. The number of methoxy groups -OCH3 is 1. The third-order valence-corrected chi connectivity index (χ3v) is 3.51. The third kappa shape index (κ3) is 3.90. The molecule has 0 radical (unpaired) electrons. The number of anilines is 3. The zero-order valence-corrected chi connectivity index (χ0v) is 14.3. The molecule has 5 N–H and O–H groups in total. The smallest absolute Gasteiger partial charge is 0.409 e. The molecule has 0 aliphatic carbocycles. The molecule has 0 saturated heterocycles. The average Bonchev–Trinajstić information content (AvgIpc) is 2.47. The summed E-state index contributed by atoms with van der Waals surface area (Å²) in [6, 6.07) is 10.8. The first kappa shape index (κ1) is 17.5. The predicted octanol–water partition coefficient (Wildman–Crippen LogP) is 3.78. The van der Waals surface area contributed by atoms with E-state index in [2.05, 4.69) is 5.32 Å². The number of nitrogen functional groups attached to an aromatic ring is 1. The standard InChI is InChI=1S/C18H23N3O3/c1-18(2,3)16-14(6-5-7-15(16)24-17(20)22)21-13-9-8-11(23-4)10-12(13)19/h5-10,21H,19H2,1-4H3,(H2,20,22). The van der Waals surface area contributed by atoms with Gasteiger partial charge in [-0.2, -0.15) is 0 Å². The van der Waals surface area contributed by atoms with Gasteiger partial charge in [0.05, 0.1) is 18.5 Å². The lowest BCUT2D eigenvalue weighted by Gasteiger charge is -2.26. The fourth-order valence-corrected chi connectivity index (χ4v) is 2.53. The van der Waals surface area contributed by atoms with Crippen molar-refractivity contribution >= 4 is 23.2 Å². The Morgan fingerprint density at radius 1 is 1.12 bits per heavy atom. The van der Waals surface area contributed by atoms with E-state index in [0.29, 0.717) is 17.2 Å². The van der Waals surface area contributed by atoms with Gasteiger partial charge in [-0.15, -0.1) is 0 Å². The molecule has 0 unspecified atom stereocenters. The molecule has 2 aromatic rings. The molecule has 2 aromatic carbocycles. The Hall–Kier alpha value is -2.89. The first-order valence-corrected chi connectivity index (χ1v) is 7.53. The van der Waals surface area contributed by atoms with Gasteiger partial charge < -0.3 is 26.3 Å². The largest absolute Gasteiger partial charge is 0.497 e. The van der Waals surface area contributed by atoms with E-state index in [0.717, 1.165) is 16.9 Å². The van der Waals surface area contributed by atoms with Crippen molar-refractivity contribution in [3.8, 4) is 11.5 Å². The number of nitrogens with two attached hydrogens (primary N) is 2. The second-order valence-corrected chi connectivity index (χ2v) is 6.43. The van der Waals surface area contributed by atoms with Crippen LogP contribution in [0.2, 0.25) is 0 Å². The van der Waals surface area contributed by atoms with Crippen LogP contribution < -0.4 is 26.3 Å². The lowest BCUT2D eigenvalue weighted by atomic mass is 9.85. The SMILES string of the molecule is COc1ccc(Nc2cccc(OC(N)=O)c2C(C)(C)C)c(N)c1. The van der Waals surface area contributed by atoms with Gasteiger partial charge in [-0.1, -0.05) is 26.8 Å². The van der Waals surface area contributed by atoms with Crippen LogP contribution in [-0.2, 0) is 5.41 Å². The molecule has 0 aromatic heterocycles. The van der Waals surface area contributed by atoms with E-state index in [4.69, 9.17) is 20.9 Å². The molecular formula is C18H23N3O3. The van der Waals surface area contributed by atoms with Crippen molar-refractivity contribution in [2.24, 2.45) is 5.73 Å². The highest BCUT2D eigenvalue weighted by molar-refractivity contribution is 5.78. The first-order chi connectivity index (χ1) is 11.2. The maximum absolute atomic E-state index is 11.2. The number of nitrogens with one attached hydrogen (secondary N) is 1. The molecule has 0 heterocycles. The molecule has 0 aliphatic heterocycles. The highest BCUT2D eigenvalue weighted by Gasteiger charge is 2.24. The lowest BCUT2D eigenvalue weighted by Crippen LogP contribution is -2.21. The van der Waals surface area contributed by atoms with Gasteiger partial charge in [-0.3, -0.25) is 0 Å². The maximum Gasteiger partial charge on any atom is 0.409 e. The van der Waals surface area contributed by atoms with Gasteiger partial charge in [-0.25, -0.2) is 4.79 Å². The normalized spacial score (nSPS) is 11.0. The summed E-state index contributed by atoms with van der Waals surface area (Å²) in [6.45, 7) is 6.08. The Labute approximate surface area is 141 Å². The van der Waals surface area contributed by atoms with Gasteiger partial charge in [0.15, 0.2) is 0 Å². The van der Waals surface area contributed by atoms with Crippen molar-refractivity contribution in [2.75, 3.05) is 18.2 Å². The molecule has 0 spiro atoms. The van der Waals surface area contributed by atoms with Crippen LogP contribution in [0.15, 0.2) is 36.4 Å². The summed E-state index contributed by atoms with van der Waals surface area (Å²) in [5.74, 6) is 1.10. The van der Waals surface area contributed by atoms with Crippen LogP contribution in [0.4, 0.5) is 21.9 Å². The number of carbonyl (C=O) groups excluding carboxylic acids is 1. The summed E-state index contributed by atoms with van der Waals surface area (Å²) < 4.78 is 10.3.